The number of aliphatic hydroxyl groups excluding tert-OH is 1. The minimum Gasteiger partial charge on any atom is -0.392 e. The molecule has 2 N–H and O–H groups in total. The zero-order chi connectivity index (χ0) is 10.7. The molecule has 0 fully saturated rings. The molecule has 1 aromatic heterocycles. The third-order valence-corrected chi connectivity index (χ3v) is 2.53. The largest absolute Gasteiger partial charge is 0.392 e. The molecule has 0 saturated heterocycles. The summed E-state index contributed by atoms with van der Waals surface area (Å²) in [5.41, 5.74) is 2.30. The number of hydrogen-bond donors (Lipinski definition) is 2. The van der Waals surface area contributed by atoms with Gasteiger partial charge in [0, 0.05) is 11.7 Å². The Balaban J connectivity index is 2.17. The highest BCUT2D eigenvalue weighted by atomic mass is 16.3. The lowest BCUT2D eigenvalue weighted by molar-refractivity contribution is 0.178. The van der Waals surface area contributed by atoms with E-state index in [1.165, 1.54) is 5.39 Å². The maximum absolute atomic E-state index is 9.65. The van der Waals surface area contributed by atoms with Crippen molar-refractivity contribution < 1.29 is 5.11 Å². The first kappa shape index (κ1) is 9.99. The molecule has 1 atom stereocenters. The van der Waals surface area contributed by atoms with Crippen LogP contribution in [0.2, 0.25) is 0 Å². The Hall–Kier alpha value is -1.54. The summed E-state index contributed by atoms with van der Waals surface area (Å²) in [7, 11) is 0. The lowest BCUT2D eigenvalue weighted by atomic mass is 10.0. The lowest BCUT2D eigenvalue weighted by Gasteiger charge is -2.07. The van der Waals surface area contributed by atoms with Crippen LogP contribution < -0.4 is 0 Å². The predicted octanol–water partition coefficient (Wildman–Crippen LogP) is 2.65. The molecule has 0 spiro atoms. The van der Waals surface area contributed by atoms with Gasteiger partial charge in [-0.05, 0) is 42.0 Å². The molecule has 0 saturated carbocycles. The van der Waals surface area contributed by atoms with Gasteiger partial charge < -0.3 is 10.1 Å². The zero-order valence-electron chi connectivity index (χ0n) is 8.61. The van der Waals surface area contributed by atoms with Crippen molar-refractivity contribution in [2.45, 2.75) is 18.9 Å². The summed E-state index contributed by atoms with van der Waals surface area (Å²) in [6.07, 6.45) is 4.69. The monoisotopic (exact) mass is 201 g/mol. The molecule has 1 aromatic carbocycles. The van der Waals surface area contributed by atoms with Gasteiger partial charge in [0.05, 0.1) is 6.10 Å². The molecule has 0 amide bonds. The number of nitrogens with one attached hydrogen (secondary N) is 1. The van der Waals surface area contributed by atoms with Crippen LogP contribution >= 0.6 is 0 Å². The highest BCUT2D eigenvalue weighted by Gasteiger charge is 2.04. The van der Waals surface area contributed by atoms with Crippen molar-refractivity contribution in [2.24, 2.45) is 0 Å². The summed E-state index contributed by atoms with van der Waals surface area (Å²) in [4.78, 5) is 3.15. The Morgan fingerprint density at radius 3 is 3.07 bits per heavy atom. The van der Waals surface area contributed by atoms with Crippen LogP contribution in [0.1, 0.15) is 12.0 Å². The first-order valence-electron chi connectivity index (χ1n) is 5.14. The SMILES string of the molecule is C=CCC(O)Cc1ccc2[nH]ccc2c1. The lowest BCUT2D eigenvalue weighted by Crippen LogP contribution is -2.08. The number of fused-ring (bicyclic) bond motifs is 1. The number of aliphatic hydroxyl groups is 1. The summed E-state index contributed by atoms with van der Waals surface area (Å²) >= 11 is 0. The Bertz CT molecular complexity index is 458. The second-order valence-corrected chi connectivity index (χ2v) is 3.78. The van der Waals surface area contributed by atoms with Crippen LogP contribution in [0.15, 0.2) is 43.1 Å². The van der Waals surface area contributed by atoms with E-state index in [0.717, 1.165) is 11.1 Å². The topological polar surface area (TPSA) is 36.0 Å². The van der Waals surface area contributed by atoms with Gasteiger partial charge in [-0.15, -0.1) is 6.58 Å². The van der Waals surface area contributed by atoms with E-state index in [9.17, 15) is 5.11 Å². The van der Waals surface area contributed by atoms with Crippen LogP contribution in [-0.4, -0.2) is 16.2 Å². The fourth-order valence-electron chi connectivity index (χ4n) is 1.78. The molecular formula is C13H15NO. The predicted molar refractivity (Wildman–Crippen MR) is 62.8 cm³/mol. The number of aromatic nitrogens is 1. The minimum atomic E-state index is -0.320. The van der Waals surface area contributed by atoms with E-state index in [0.29, 0.717) is 12.8 Å². The molecule has 2 rings (SSSR count). The van der Waals surface area contributed by atoms with Gasteiger partial charge in [-0.3, -0.25) is 0 Å². The van der Waals surface area contributed by atoms with Gasteiger partial charge in [0.15, 0.2) is 0 Å². The number of benzene rings is 1. The first-order chi connectivity index (χ1) is 7.29. The van der Waals surface area contributed by atoms with Gasteiger partial charge in [-0.1, -0.05) is 12.1 Å². The van der Waals surface area contributed by atoms with Gasteiger partial charge in [0.25, 0.3) is 0 Å². The average molecular weight is 201 g/mol. The van der Waals surface area contributed by atoms with Crippen molar-refractivity contribution >= 4 is 10.9 Å². The minimum absolute atomic E-state index is 0.320. The van der Waals surface area contributed by atoms with Gasteiger partial charge in [0.2, 0.25) is 0 Å². The molecular weight excluding hydrogens is 186 g/mol. The number of H-pyrrole nitrogens is 1. The Morgan fingerprint density at radius 1 is 1.40 bits per heavy atom. The van der Waals surface area contributed by atoms with Crippen LogP contribution in [0.4, 0.5) is 0 Å². The molecule has 2 heteroatoms. The maximum Gasteiger partial charge on any atom is 0.0614 e. The van der Waals surface area contributed by atoms with E-state index < -0.39 is 0 Å². The Labute approximate surface area is 89.3 Å². The maximum atomic E-state index is 9.65. The molecule has 78 valence electrons. The molecule has 15 heavy (non-hydrogen) atoms. The van der Waals surface area contributed by atoms with Gasteiger partial charge in [-0.25, -0.2) is 0 Å². The van der Waals surface area contributed by atoms with Crippen molar-refractivity contribution in [2.75, 3.05) is 0 Å². The van der Waals surface area contributed by atoms with E-state index in [4.69, 9.17) is 0 Å². The Kier molecular flexibility index (Phi) is 2.88. The summed E-state index contributed by atoms with van der Waals surface area (Å²) in [5, 5.41) is 10.8. The highest BCUT2D eigenvalue weighted by molar-refractivity contribution is 5.79. The van der Waals surface area contributed by atoms with E-state index in [-0.39, 0.29) is 6.10 Å². The van der Waals surface area contributed by atoms with Crippen molar-refractivity contribution in [1.82, 2.24) is 4.98 Å². The van der Waals surface area contributed by atoms with E-state index in [1.807, 2.05) is 24.4 Å². The smallest absolute Gasteiger partial charge is 0.0614 e. The number of hydrogen-bond acceptors (Lipinski definition) is 1. The molecule has 0 aliphatic rings. The van der Waals surface area contributed by atoms with Crippen molar-refractivity contribution in [3.8, 4) is 0 Å². The molecule has 0 aliphatic carbocycles. The zero-order valence-corrected chi connectivity index (χ0v) is 8.61. The molecule has 0 bridgehead atoms. The molecule has 0 aliphatic heterocycles. The number of aromatic amines is 1. The average Bonchev–Trinajstić information content (AvgIpc) is 2.65. The molecule has 2 nitrogen and oxygen atoms in total. The Morgan fingerprint density at radius 2 is 2.27 bits per heavy atom. The summed E-state index contributed by atoms with van der Waals surface area (Å²) in [6, 6.07) is 8.24. The molecule has 1 unspecified atom stereocenters. The summed E-state index contributed by atoms with van der Waals surface area (Å²) in [6.45, 7) is 3.62. The van der Waals surface area contributed by atoms with E-state index in [1.54, 1.807) is 6.08 Å². The first-order valence-corrected chi connectivity index (χ1v) is 5.14. The van der Waals surface area contributed by atoms with Crippen molar-refractivity contribution in [3.05, 3.63) is 48.7 Å². The second-order valence-electron chi connectivity index (χ2n) is 3.78. The van der Waals surface area contributed by atoms with Crippen molar-refractivity contribution in [1.29, 1.82) is 0 Å². The standard InChI is InChI=1S/C13H15NO/c1-2-3-12(15)9-10-4-5-13-11(8-10)6-7-14-13/h2,4-8,12,14-15H,1,3,9H2. The van der Waals surface area contributed by atoms with Gasteiger partial charge in [-0.2, -0.15) is 0 Å². The summed E-state index contributed by atoms with van der Waals surface area (Å²) in [5.74, 6) is 0. The fourth-order valence-corrected chi connectivity index (χ4v) is 1.78. The van der Waals surface area contributed by atoms with Crippen LogP contribution in [-0.2, 0) is 6.42 Å². The van der Waals surface area contributed by atoms with E-state index in [2.05, 4.69) is 17.6 Å². The summed E-state index contributed by atoms with van der Waals surface area (Å²) < 4.78 is 0. The number of rotatable bonds is 4. The van der Waals surface area contributed by atoms with E-state index >= 15 is 0 Å². The second kappa shape index (κ2) is 4.32. The third-order valence-electron chi connectivity index (χ3n) is 2.53. The van der Waals surface area contributed by atoms with Gasteiger partial charge in [0.1, 0.15) is 0 Å². The van der Waals surface area contributed by atoms with Crippen LogP contribution in [0, 0.1) is 0 Å². The fraction of sp³-hybridized carbons (Fsp3) is 0.231. The van der Waals surface area contributed by atoms with Crippen LogP contribution in [0.25, 0.3) is 10.9 Å². The van der Waals surface area contributed by atoms with Crippen molar-refractivity contribution in [3.63, 3.8) is 0 Å². The van der Waals surface area contributed by atoms with Crippen LogP contribution in [0.5, 0.6) is 0 Å². The van der Waals surface area contributed by atoms with Gasteiger partial charge >= 0.3 is 0 Å². The quantitative estimate of drug-likeness (QED) is 0.733. The molecule has 1 heterocycles. The molecule has 0 radical (unpaired) electrons. The normalized spacial score (nSPS) is 12.9. The molecule has 2 aromatic rings. The van der Waals surface area contributed by atoms with Crippen LogP contribution in [0.3, 0.4) is 0 Å². The highest BCUT2D eigenvalue weighted by Crippen LogP contribution is 2.16. The third kappa shape index (κ3) is 2.28.